The molecule has 0 aromatic carbocycles. The van der Waals surface area contributed by atoms with Gasteiger partial charge in [0.05, 0.1) is 0 Å². The van der Waals surface area contributed by atoms with Gasteiger partial charge in [-0.05, 0) is 12.3 Å². The van der Waals surface area contributed by atoms with Crippen LogP contribution in [-0.4, -0.2) is 49.8 Å². The first kappa shape index (κ1) is 13.9. The van der Waals surface area contributed by atoms with Gasteiger partial charge in [0.1, 0.15) is 0 Å². The van der Waals surface area contributed by atoms with E-state index in [2.05, 4.69) is 6.92 Å². The highest BCUT2D eigenvalue weighted by Gasteiger charge is 2.37. The highest BCUT2D eigenvalue weighted by atomic mass is 32.2. The minimum absolute atomic E-state index is 0.0139. The lowest BCUT2D eigenvalue weighted by Gasteiger charge is -2.22. The van der Waals surface area contributed by atoms with E-state index < -0.39 is 10.2 Å². The van der Waals surface area contributed by atoms with Crippen LogP contribution in [0.4, 0.5) is 0 Å². The predicted octanol–water partition coefficient (Wildman–Crippen LogP) is 0.242. The van der Waals surface area contributed by atoms with Crippen LogP contribution in [0, 0.1) is 5.92 Å². The van der Waals surface area contributed by atoms with E-state index in [1.54, 1.807) is 7.05 Å². The van der Waals surface area contributed by atoms with Crippen LogP contribution in [0.15, 0.2) is 0 Å². The Bertz CT molecular complexity index is 318. The van der Waals surface area contributed by atoms with Crippen molar-refractivity contribution in [2.75, 3.05) is 26.7 Å². The quantitative estimate of drug-likeness (QED) is 0.759. The summed E-state index contributed by atoms with van der Waals surface area (Å²) in [6.07, 6.45) is 2.05. The third-order valence-electron chi connectivity index (χ3n) is 3.28. The molecular weight excluding hydrogens is 226 g/mol. The summed E-state index contributed by atoms with van der Waals surface area (Å²) < 4.78 is 27.0. The fourth-order valence-corrected chi connectivity index (χ4v) is 3.54. The van der Waals surface area contributed by atoms with Crippen LogP contribution in [0.2, 0.25) is 0 Å². The van der Waals surface area contributed by atoms with Gasteiger partial charge in [-0.15, -0.1) is 0 Å². The Labute approximate surface area is 98.8 Å². The molecule has 1 saturated heterocycles. The van der Waals surface area contributed by atoms with E-state index >= 15 is 0 Å². The SMILES string of the molecule is CCC[C@@H]1CN(S(=O)(=O)N(C)CC)C[C@H]1N. The molecule has 0 aromatic rings. The Morgan fingerprint density at radius 3 is 2.50 bits per heavy atom. The Balaban J connectivity index is 2.71. The first-order chi connectivity index (χ1) is 7.43. The van der Waals surface area contributed by atoms with Crippen LogP contribution in [0.1, 0.15) is 26.7 Å². The molecule has 0 saturated carbocycles. The minimum atomic E-state index is -3.29. The van der Waals surface area contributed by atoms with E-state index in [4.69, 9.17) is 5.73 Å². The molecule has 0 aromatic heterocycles. The van der Waals surface area contributed by atoms with Crippen LogP contribution < -0.4 is 5.73 Å². The maximum atomic E-state index is 12.1. The molecule has 2 N–H and O–H groups in total. The first-order valence-corrected chi connectivity index (χ1v) is 7.30. The van der Waals surface area contributed by atoms with E-state index in [9.17, 15) is 8.42 Å². The number of nitrogens with zero attached hydrogens (tertiary/aromatic N) is 2. The van der Waals surface area contributed by atoms with Crippen LogP contribution in [0.5, 0.6) is 0 Å². The van der Waals surface area contributed by atoms with Gasteiger partial charge >= 0.3 is 0 Å². The molecule has 0 amide bonds. The monoisotopic (exact) mass is 249 g/mol. The van der Waals surface area contributed by atoms with Crippen molar-refractivity contribution in [3.05, 3.63) is 0 Å². The molecule has 0 spiro atoms. The third-order valence-corrected chi connectivity index (χ3v) is 5.28. The van der Waals surface area contributed by atoms with Crippen molar-refractivity contribution in [3.63, 3.8) is 0 Å². The molecule has 1 rings (SSSR count). The van der Waals surface area contributed by atoms with Gasteiger partial charge in [0.15, 0.2) is 0 Å². The summed E-state index contributed by atoms with van der Waals surface area (Å²) in [6.45, 7) is 5.45. The molecule has 0 radical (unpaired) electrons. The second-order valence-corrected chi connectivity index (χ2v) is 6.49. The standard InChI is InChI=1S/C10H23N3O2S/c1-4-6-9-7-13(8-10(9)11)16(14,15)12(3)5-2/h9-10H,4-8,11H2,1-3H3/t9-,10-/m1/s1. The van der Waals surface area contributed by atoms with E-state index in [0.717, 1.165) is 12.8 Å². The number of hydrogen-bond donors (Lipinski definition) is 1. The summed E-state index contributed by atoms with van der Waals surface area (Å²) in [7, 11) is -1.68. The Kier molecular flexibility index (Phi) is 4.73. The summed E-state index contributed by atoms with van der Waals surface area (Å²) in [6, 6.07) is -0.0139. The van der Waals surface area contributed by atoms with Gasteiger partial charge in [-0.25, -0.2) is 0 Å². The highest BCUT2D eigenvalue weighted by Crippen LogP contribution is 2.23. The van der Waals surface area contributed by atoms with Crippen molar-refractivity contribution >= 4 is 10.2 Å². The number of nitrogens with two attached hydrogens (primary N) is 1. The Morgan fingerprint density at radius 2 is 2.00 bits per heavy atom. The van der Waals surface area contributed by atoms with Crippen LogP contribution in [0.25, 0.3) is 0 Å². The van der Waals surface area contributed by atoms with E-state index in [0.29, 0.717) is 25.6 Å². The van der Waals surface area contributed by atoms with Crippen LogP contribution in [-0.2, 0) is 10.2 Å². The van der Waals surface area contributed by atoms with Gasteiger partial charge in [0, 0.05) is 32.7 Å². The third kappa shape index (κ3) is 2.74. The van der Waals surface area contributed by atoms with Crippen molar-refractivity contribution < 1.29 is 8.42 Å². The van der Waals surface area contributed by atoms with Gasteiger partial charge in [-0.2, -0.15) is 17.0 Å². The number of hydrogen-bond acceptors (Lipinski definition) is 3. The lowest BCUT2D eigenvalue weighted by atomic mass is 9.99. The fraction of sp³-hybridized carbons (Fsp3) is 1.00. The average Bonchev–Trinajstić information content (AvgIpc) is 2.60. The summed E-state index contributed by atoms with van der Waals surface area (Å²) >= 11 is 0. The second-order valence-electron chi connectivity index (χ2n) is 4.45. The second kappa shape index (κ2) is 5.44. The van der Waals surface area contributed by atoms with Gasteiger partial charge < -0.3 is 5.73 Å². The minimum Gasteiger partial charge on any atom is -0.326 e. The fourth-order valence-electron chi connectivity index (χ4n) is 2.08. The molecule has 96 valence electrons. The van der Waals surface area contributed by atoms with Crippen LogP contribution in [0.3, 0.4) is 0 Å². The number of rotatable bonds is 5. The Morgan fingerprint density at radius 1 is 1.38 bits per heavy atom. The Hall–Kier alpha value is -0.170. The van der Waals surface area contributed by atoms with Crippen molar-refractivity contribution in [1.29, 1.82) is 0 Å². The molecule has 16 heavy (non-hydrogen) atoms. The molecular formula is C10H23N3O2S. The average molecular weight is 249 g/mol. The maximum absolute atomic E-state index is 12.1. The molecule has 1 heterocycles. The van der Waals surface area contributed by atoms with Gasteiger partial charge in [0.25, 0.3) is 10.2 Å². The zero-order valence-electron chi connectivity index (χ0n) is 10.4. The van der Waals surface area contributed by atoms with Crippen molar-refractivity contribution in [2.45, 2.75) is 32.7 Å². The molecule has 0 unspecified atom stereocenters. The summed E-state index contributed by atoms with van der Waals surface area (Å²) in [5.41, 5.74) is 5.97. The van der Waals surface area contributed by atoms with Crippen LogP contribution >= 0.6 is 0 Å². The molecule has 6 heteroatoms. The topological polar surface area (TPSA) is 66.6 Å². The smallest absolute Gasteiger partial charge is 0.281 e. The lowest BCUT2D eigenvalue weighted by Crippen LogP contribution is -2.41. The molecule has 1 aliphatic rings. The first-order valence-electron chi connectivity index (χ1n) is 5.90. The summed E-state index contributed by atoms with van der Waals surface area (Å²) in [5, 5.41) is 0. The van der Waals surface area contributed by atoms with Crippen molar-refractivity contribution in [2.24, 2.45) is 11.7 Å². The molecule has 5 nitrogen and oxygen atoms in total. The maximum Gasteiger partial charge on any atom is 0.281 e. The molecule has 1 fully saturated rings. The zero-order chi connectivity index (χ0) is 12.3. The van der Waals surface area contributed by atoms with Crippen molar-refractivity contribution in [1.82, 2.24) is 8.61 Å². The van der Waals surface area contributed by atoms with Gasteiger partial charge in [-0.1, -0.05) is 20.3 Å². The predicted molar refractivity (Wildman–Crippen MR) is 65.2 cm³/mol. The van der Waals surface area contributed by atoms with E-state index in [1.807, 2.05) is 6.92 Å². The van der Waals surface area contributed by atoms with Crippen molar-refractivity contribution in [3.8, 4) is 0 Å². The normalized spacial score (nSPS) is 27.8. The lowest BCUT2D eigenvalue weighted by molar-refractivity contribution is 0.390. The molecule has 0 aliphatic carbocycles. The van der Waals surface area contributed by atoms with Gasteiger partial charge in [0.2, 0.25) is 0 Å². The summed E-state index contributed by atoms with van der Waals surface area (Å²) in [4.78, 5) is 0. The molecule has 0 bridgehead atoms. The highest BCUT2D eigenvalue weighted by molar-refractivity contribution is 7.86. The summed E-state index contributed by atoms with van der Waals surface area (Å²) in [5.74, 6) is 0.310. The largest absolute Gasteiger partial charge is 0.326 e. The van der Waals surface area contributed by atoms with E-state index in [-0.39, 0.29) is 6.04 Å². The molecule has 1 aliphatic heterocycles. The zero-order valence-corrected chi connectivity index (χ0v) is 11.2. The van der Waals surface area contributed by atoms with Gasteiger partial charge in [-0.3, -0.25) is 0 Å². The molecule has 2 atom stereocenters. The van der Waals surface area contributed by atoms with E-state index in [1.165, 1.54) is 8.61 Å².